The molecule has 0 bridgehead atoms. The number of nitrogens with one attached hydrogen (secondary N) is 1. The van der Waals surface area contributed by atoms with Crippen LogP contribution in [0.5, 0.6) is 0 Å². The van der Waals surface area contributed by atoms with Crippen LogP contribution in [0.4, 0.5) is 0 Å². The van der Waals surface area contributed by atoms with E-state index >= 15 is 0 Å². The zero-order chi connectivity index (χ0) is 21.0. The van der Waals surface area contributed by atoms with E-state index in [4.69, 9.17) is 27.5 Å². The van der Waals surface area contributed by atoms with Crippen LogP contribution in [0.2, 0.25) is 5.02 Å². The molecule has 1 aliphatic heterocycles. The van der Waals surface area contributed by atoms with E-state index in [0.29, 0.717) is 41.2 Å². The second-order valence-electron chi connectivity index (χ2n) is 6.92. The summed E-state index contributed by atoms with van der Waals surface area (Å²) in [7, 11) is 1.38. The molecule has 1 fully saturated rings. The first kappa shape index (κ1) is 20.7. The molecule has 1 aromatic heterocycles. The van der Waals surface area contributed by atoms with Crippen molar-refractivity contribution in [1.82, 2.24) is 14.9 Å². The lowest BCUT2D eigenvalue weighted by molar-refractivity contribution is -0.142. The first-order valence-electron chi connectivity index (χ1n) is 9.21. The Hall–Kier alpha value is -3.00. The van der Waals surface area contributed by atoms with Crippen LogP contribution in [-0.2, 0) is 9.53 Å². The summed E-state index contributed by atoms with van der Waals surface area (Å²) < 4.78 is 4.71. The maximum atomic E-state index is 12.7. The largest absolute Gasteiger partial charge is 0.469 e. The van der Waals surface area contributed by atoms with E-state index in [1.54, 1.807) is 35.5 Å². The Balaban J connectivity index is 1.65. The molecular weight excluding hydrogens is 394 g/mol. The third-order valence-corrected chi connectivity index (χ3v) is 5.33. The Morgan fingerprint density at radius 3 is 2.48 bits per heavy atom. The molecule has 1 aromatic carbocycles. The predicted octanol–water partition coefficient (Wildman–Crippen LogP) is 2.50. The SMILES string of the molecule is COC(=O)CC1CCN(C(=O)c2ncc(-c3ccc(C(=N)N)cc3Cl)cn2)CC1. The van der Waals surface area contributed by atoms with E-state index in [1.807, 2.05) is 0 Å². The van der Waals surface area contributed by atoms with Gasteiger partial charge < -0.3 is 15.4 Å². The highest BCUT2D eigenvalue weighted by molar-refractivity contribution is 6.33. The van der Waals surface area contributed by atoms with Crippen LogP contribution in [0.1, 0.15) is 35.4 Å². The minimum Gasteiger partial charge on any atom is -0.469 e. The molecule has 0 saturated carbocycles. The number of carbonyl (C=O) groups is 2. The maximum Gasteiger partial charge on any atom is 0.305 e. The van der Waals surface area contributed by atoms with Crippen molar-refractivity contribution >= 4 is 29.3 Å². The van der Waals surface area contributed by atoms with Crippen LogP contribution in [0.25, 0.3) is 11.1 Å². The molecule has 29 heavy (non-hydrogen) atoms. The number of methoxy groups -OCH3 is 1. The summed E-state index contributed by atoms with van der Waals surface area (Å²) in [5, 5.41) is 7.89. The number of amidine groups is 1. The summed E-state index contributed by atoms with van der Waals surface area (Å²) in [6.07, 6.45) is 4.98. The van der Waals surface area contributed by atoms with Crippen molar-refractivity contribution in [2.75, 3.05) is 20.2 Å². The van der Waals surface area contributed by atoms with Gasteiger partial charge in [-0.2, -0.15) is 0 Å². The minimum absolute atomic E-state index is 0.0639. The molecule has 152 valence electrons. The van der Waals surface area contributed by atoms with Crippen molar-refractivity contribution in [3.63, 3.8) is 0 Å². The first-order chi connectivity index (χ1) is 13.9. The zero-order valence-corrected chi connectivity index (χ0v) is 16.8. The van der Waals surface area contributed by atoms with Gasteiger partial charge in [-0.3, -0.25) is 15.0 Å². The van der Waals surface area contributed by atoms with E-state index in [9.17, 15) is 9.59 Å². The Morgan fingerprint density at radius 2 is 1.93 bits per heavy atom. The first-order valence-corrected chi connectivity index (χ1v) is 9.59. The van der Waals surface area contributed by atoms with Crippen LogP contribution in [0.3, 0.4) is 0 Å². The van der Waals surface area contributed by atoms with Crippen molar-refractivity contribution < 1.29 is 14.3 Å². The van der Waals surface area contributed by atoms with Crippen molar-refractivity contribution in [2.45, 2.75) is 19.3 Å². The summed E-state index contributed by atoms with van der Waals surface area (Å²) in [5.41, 5.74) is 7.36. The molecule has 1 amide bonds. The standard InChI is InChI=1S/C20H22ClN5O3/c1-29-17(27)8-12-4-6-26(7-5-12)20(28)19-24-10-14(11-25-19)15-3-2-13(18(22)23)9-16(15)21/h2-3,9-12H,4-8H2,1H3,(H3,22,23). The summed E-state index contributed by atoms with van der Waals surface area (Å²) in [5.74, 6) is -0.160. The van der Waals surface area contributed by atoms with Crippen LogP contribution in [0.15, 0.2) is 30.6 Å². The maximum absolute atomic E-state index is 12.7. The van der Waals surface area contributed by atoms with E-state index in [2.05, 4.69) is 9.97 Å². The minimum atomic E-state index is -0.230. The highest BCUT2D eigenvalue weighted by atomic mass is 35.5. The number of nitrogen functional groups attached to an aromatic ring is 1. The Kier molecular flexibility index (Phi) is 6.43. The van der Waals surface area contributed by atoms with Crippen molar-refractivity contribution in [2.24, 2.45) is 11.7 Å². The molecule has 1 saturated heterocycles. The van der Waals surface area contributed by atoms with Gasteiger partial charge in [0.2, 0.25) is 5.82 Å². The van der Waals surface area contributed by atoms with Crippen molar-refractivity contribution in [3.8, 4) is 11.1 Å². The van der Waals surface area contributed by atoms with Crippen molar-refractivity contribution in [3.05, 3.63) is 47.0 Å². The number of benzene rings is 1. The third-order valence-electron chi connectivity index (χ3n) is 5.02. The molecule has 9 heteroatoms. The van der Waals surface area contributed by atoms with Gasteiger partial charge >= 0.3 is 5.97 Å². The number of halogens is 1. The number of piperidine rings is 1. The lowest BCUT2D eigenvalue weighted by atomic mass is 9.93. The van der Waals surface area contributed by atoms with Gasteiger partial charge in [0.15, 0.2) is 0 Å². The monoisotopic (exact) mass is 415 g/mol. The van der Waals surface area contributed by atoms with E-state index in [-0.39, 0.29) is 29.5 Å². The molecule has 0 radical (unpaired) electrons. The molecule has 2 aromatic rings. The Bertz CT molecular complexity index is 924. The predicted molar refractivity (Wildman–Crippen MR) is 109 cm³/mol. The van der Waals surface area contributed by atoms with Gasteiger partial charge in [-0.15, -0.1) is 0 Å². The van der Waals surface area contributed by atoms with Crippen LogP contribution in [-0.4, -0.2) is 52.8 Å². The van der Waals surface area contributed by atoms with Crippen molar-refractivity contribution in [1.29, 1.82) is 5.41 Å². The third kappa shape index (κ3) is 4.89. The second kappa shape index (κ2) is 9.00. The number of rotatable bonds is 5. The van der Waals surface area contributed by atoms with E-state index in [0.717, 1.165) is 12.8 Å². The van der Waals surface area contributed by atoms with E-state index in [1.165, 1.54) is 7.11 Å². The molecule has 0 unspecified atom stereocenters. The Labute approximate surface area is 173 Å². The fraction of sp³-hybridized carbons (Fsp3) is 0.350. The molecule has 3 N–H and O–H groups in total. The van der Waals surface area contributed by atoms with Crippen LogP contribution in [0, 0.1) is 11.3 Å². The number of hydrogen-bond acceptors (Lipinski definition) is 6. The highest BCUT2D eigenvalue weighted by Crippen LogP contribution is 2.28. The smallest absolute Gasteiger partial charge is 0.305 e. The molecule has 0 atom stereocenters. The average Bonchev–Trinajstić information content (AvgIpc) is 2.73. The molecule has 0 aliphatic carbocycles. The molecular formula is C20H22ClN5O3. The Morgan fingerprint density at radius 1 is 1.28 bits per heavy atom. The normalized spacial score (nSPS) is 14.5. The quantitative estimate of drug-likeness (QED) is 0.439. The molecule has 0 spiro atoms. The van der Waals surface area contributed by atoms with Gasteiger partial charge in [0.25, 0.3) is 5.91 Å². The summed E-state index contributed by atoms with van der Waals surface area (Å²) in [4.78, 5) is 34.2. The number of carbonyl (C=O) groups excluding carboxylic acids is 2. The van der Waals surface area contributed by atoms with Gasteiger partial charge in [-0.25, -0.2) is 9.97 Å². The fourth-order valence-electron chi connectivity index (χ4n) is 3.29. The van der Waals surface area contributed by atoms with Crippen LogP contribution < -0.4 is 5.73 Å². The summed E-state index contributed by atoms with van der Waals surface area (Å²) in [6, 6.07) is 5.04. The summed E-state index contributed by atoms with van der Waals surface area (Å²) in [6.45, 7) is 1.12. The van der Waals surface area contributed by atoms with Gasteiger partial charge in [-0.05, 0) is 24.8 Å². The number of esters is 1. The number of hydrogen-bond donors (Lipinski definition) is 2. The average molecular weight is 416 g/mol. The second-order valence-corrected chi connectivity index (χ2v) is 7.33. The zero-order valence-electron chi connectivity index (χ0n) is 16.0. The number of aromatic nitrogens is 2. The van der Waals surface area contributed by atoms with Gasteiger partial charge in [0, 0.05) is 53.6 Å². The van der Waals surface area contributed by atoms with Gasteiger partial charge in [0.1, 0.15) is 5.84 Å². The lowest BCUT2D eigenvalue weighted by Gasteiger charge is -2.31. The number of likely N-dealkylation sites (tertiary alicyclic amines) is 1. The number of nitrogens with zero attached hydrogens (tertiary/aromatic N) is 3. The van der Waals surface area contributed by atoms with E-state index < -0.39 is 0 Å². The lowest BCUT2D eigenvalue weighted by Crippen LogP contribution is -2.39. The van der Waals surface area contributed by atoms with Gasteiger partial charge in [-0.1, -0.05) is 23.7 Å². The van der Waals surface area contributed by atoms with Gasteiger partial charge in [0.05, 0.1) is 7.11 Å². The fourth-order valence-corrected chi connectivity index (χ4v) is 3.58. The number of ether oxygens (including phenoxy) is 1. The summed E-state index contributed by atoms with van der Waals surface area (Å²) >= 11 is 6.28. The molecule has 8 nitrogen and oxygen atoms in total. The number of nitrogens with two attached hydrogens (primary N) is 1. The molecule has 2 heterocycles. The van der Waals surface area contributed by atoms with Crippen LogP contribution >= 0.6 is 11.6 Å². The highest BCUT2D eigenvalue weighted by Gasteiger charge is 2.26. The number of amides is 1. The molecule has 1 aliphatic rings. The topological polar surface area (TPSA) is 122 Å². The molecule has 3 rings (SSSR count).